The molecule has 2 heterocycles. The third kappa shape index (κ3) is 4.15. The third-order valence-corrected chi connectivity index (χ3v) is 5.68. The lowest BCUT2D eigenvalue weighted by Crippen LogP contribution is -2.47. The van der Waals surface area contributed by atoms with Crippen molar-refractivity contribution in [3.63, 3.8) is 0 Å². The number of hydrogen-bond acceptors (Lipinski definition) is 3. The minimum atomic E-state index is -0.395. The van der Waals surface area contributed by atoms with Crippen LogP contribution in [0.3, 0.4) is 0 Å². The molecule has 2 aliphatic rings. The molecule has 0 N–H and O–H groups in total. The van der Waals surface area contributed by atoms with Crippen molar-refractivity contribution in [1.82, 2.24) is 9.80 Å². The molecule has 2 saturated heterocycles. The summed E-state index contributed by atoms with van der Waals surface area (Å²) in [5.74, 6) is 0.280. The summed E-state index contributed by atoms with van der Waals surface area (Å²) in [6.45, 7) is 4.67. The molecule has 0 radical (unpaired) electrons. The lowest BCUT2D eigenvalue weighted by molar-refractivity contribution is -0.143. The summed E-state index contributed by atoms with van der Waals surface area (Å²) >= 11 is 0. The van der Waals surface area contributed by atoms with Gasteiger partial charge in [-0.25, -0.2) is 0 Å². The summed E-state index contributed by atoms with van der Waals surface area (Å²) in [4.78, 5) is 28.5. The van der Waals surface area contributed by atoms with Crippen LogP contribution in [0.4, 0.5) is 0 Å². The fourth-order valence-corrected chi connectivity index (χ4v) is 3.92. The first kappa shape index (κ1) is 18.6. The Kier molecular flexibility index (Phi) is 5.77. The molecule has 1 atom stereocenters. The molecule has 5 heteroatoms. The molecule has 2 amide bonds. The first-order valence-electron chi connectivity index (χ1n) is 9.34. The van der Waals surface area contributed by atoms with Crippen molar-refractivity contribution in [3.8, 4) is 0 Å². The number of hydrogen-bond donors (Lipinski definition) is 0. The number of amides is 2. The zero-order valence-corrected chi connectivity index (χ0v) is 15.7. The van der Waals surface area contributed by atoms with Gasteiger partial charge in [0.1, 0.15) is 6.10 Å². The number of carbonyl (C=O) groups excluding carboxylic acids is 2. The van der Waals surface area contributed by atoms with E-state index >= 15 is 0 Å². The average Bonchev–Trinajstić information content (AvgIpc) is 2.97. The quantitative estimate of drug-likeness (QED) is 0.815. The van der Waals surface area contributed by atoms with E-state index in [1.54, 1.807) is 14.0 Å². The van der Waals surface area contributed by atoms with Crippen molar-refractivity contribution in [3.05, 3.63) is 42.0 Å². The lowest BCUT2D eigenvalue weighted by atomic mass is 9.77. The van der Waals surface area contributed by atoms with Crippen LogP contribution in [0.5, 0.6) is 0 Å². The van der Waals surface area contributed by atoms with Gasteiger partial charge in [0.15, 0.2) is 0 Å². The number of ether oxygens (including phenoxy) is 1. The Labute approximate surface area is 155 Å². The number of methoxy groups -OCH3 is 1. The van der Waals surface area contributed by atoms with Gasteiger partial charge < -0.3 is 14.5 Å². The molecule has 1 spiro atoms. The molecule has 0 bridgehead atoms. The predicted octanol–water partition coefficient (Wildman–Crippen LogP) is 2.58. The smallest absolute Gasteiger partial charge is 0.251 e. The molecule has 2 fully saturated rings. The molecule has 140 valence electrons. The lowest BCUT2D eigenvalue weighted by Gasteiger charge is -2.39. The second-order valence-corrected chi connectivity index (χ2v) is 7.47. The van der Waals surface area contributed by atoms with Crippen molar-refractivity contribution >= 4 is 17.9 Å². The van der Waals surface area contributed by atoms with Crippen LogP contribution in [0, 0.1) is 5.41 Å². The van der Waals surface area contributed by atoms with Gasteiger partial charge in [0.05, 0.1) is 0 Å². The molecule has 26 heavy (non-hydrogen) atoms. The van der Waals surface area contributed by atoms with Gasteiger partial charge in [0.2, 0.25) is 5.91 Å². The summed E-state index contributed by atoms with van der Waals surface area (Å²) in [7, 11) is 1.56. The molecule has 5 nitrogen and oxygen atoms in total. The van der Waals surface area contributed by atoms with Crippen LogP contribution < -0.4 is 0 Å². The Morgan fingerprint density at radius 2 is 1.96 bits per heavy atom. The van der Waals surface area contributed by atoms with E-state index in [1.807, 2.05) is 28.0 Å². The van der Waals surface area contributed by atoms with Gasteiger partial charge in [-0.2, -0.15) is 0 Å². The monoisotopic (exact) mass is 356 g/mol. The van der Waals surface area contributed by atoms with Crippen LogP contribution in [0.15, 0.2) is 36.4 Å². The Hall–Kier alpha value is -2.14. The third-order valence-electron chi connectivity index (χ3n) is 5.68. The topological polar surface area (TPSA) is 49.9 Å². The highest BCUT2D eigenvalue weighted by atomic mass is 16.5. The summed E-state index contributed by atoms with van der Waals surface area (Å²) in [5.41, 5.74) is 1.18. The largest absolute Gasteiger partial charge is 0.372 e. The molecule has 1 aromatic carbocycles. The van der Waals surface area contributed by atoms with E-state index in [4.69, 9.17) is 4.74 Å². The normalized spacial score (nSPS) is 20.9. The van der Waals surface area contributed by atoms with Gasteiger partial charge in [-0.1, -0.05) is 42.5 Å². The van der Waals surface area contributed by atoms with E-state index in [0.717, 1.165) is 24.9 Å². The molecule has 0 aromatic heterocycles. The second kappa shape index (κ2) is 8.04. The van der Waals surface area contributed by atoms with Crippen LogP contribution in [0.1, 0.15) is 31.7 Å². The maximum Gasteiger partial charge on any atom is 0.251 e. The van der Waals surface area contributed by atoms with Crippen molar-refractivity contribution < 1.29 is 14.3 Å². The van der Waals surface area contributed by atoms with Crippen molar-refractivity contribution in [1.29, 1.82) is 0 Å². The van der Waals surface area contributed by atoms with E-state index < -0.39 is 6.10 Å². The fourth-order valence-electron chi connectivity index (χ4n) is 3.92. The molecular formula is C21H28N2O3. The Balaban J connectivity index is 1.53. The summed E-state index contributed by atoms with van der Waals surface area (Å²) < 4.78 is 5.14. The number of carbonyl (C=O) groups is 2. The highest BCUT2D eigenvalue weighted by Gasteiger charge is 2.45. The molecule has 0 aliphatic carbocycles. The van der Waals surface area contributed by atoms with Gasteiger partial charge in [-0.15, -0.1) is 0 Å². The molecule has 2 aliphatic heterocycles. The van der Waals surface area contributed by atoms with Crippen LogP contribution in [0.2, 0.25) is 0 Å². The molecule has 1 aromatic rings. The number of benzene rings is 1. The zero-order valence-electron chi connectivity index (χ0n) is 15.7. The standard InChI is InChI=1S/C21H28N2O3/c1-17(26-2)20(25)22-13-10-21(11-14-22)15-19(24)23(16-21)12-6-9-18-7-4-3-5-8-18/h3-9,17H,10-16H2,1-2H3/b9-6+. The average molecular weight is 356 g/mol. The summed E-state index contributed by atoms with van der Waals surface area (Å²) in [6.07, 6.45) is 6.11. The highest BCUT2D eigenvalue weighted by molar-refractivity contribution is 5.81. The second-order valence-electron chi connectivity index (χ2n) is 7.47. The first-order valence-corrected chi connectivity index (χ1v) is 9.34. The Bertz CT molecular complexity index is 663. The Morgan fingerprint density at radius 1 is 1.27 bits per heavy atom. The maximum atomic E-state index is 12.5. The van der Waals surface area contributed by atoms with E-state index in [9.17, 15) is 9.59 Å². The molecule has 0 saturated carbocycles. The van der Waals surface area contributed by atoms with Crippen LogP contribution in [-0.2, 0) is 14.3 Å². The van der Waals surface area contributed by atoms with E-state index in [1.165, 1.54) is 0 Å². The van der Waals surface area contributed by atoms with Crippen LogP contribution >= 0.6 is 0 Å². The van der Waals surface area contributed by atoms with Gasteiger partial charge >= 0.3 is 0 Å². The fraction of sp³-hybridized carbons (Fsp3) is 0.524. The maximum absolute atomic E-state index is 12.5. The van der Waals surface area contributed by atoms with Gasteiger partial charge in [0, 0.05) is 45.1 Å². The van der Waals surface area contributed by atoms with Gasteiger partial charge in [-0.05, 0) is 25.3 Å². The molecular weight excluding hydrogens is 328 g/mol. The van der Waals surface area contributed by atoms with E-state index in [2.05, 4.69) is 24.3 Å². The van der Waals surface area contributed by atoms with E-state index in [0.29, 0.717) is 26.1 Å². The number of likely N-dealkylation sites (tertiary alicyclic amines) is 2. The van der Waals surface area contributed by atoms with Crippen LogP contribution in [-0.4, -0.2) is 61.0 Å². The van der Waals surface area contributed by atoms with Crippen LogP contribution in [0.25, 0.3) is 6.08 Å². The minimum absolute atomic E-state index is 0.0325. The molecule has 3 rings (SSSR count). The zero-order chi connectivity index (χ0) is 18.6. The van der Waals surface area contributed by atoms with Crippen molar-refractivity contribution in [2.75, 3.05) is 33.3 Å². The predicted molar refractivity (Wildman–Crippen MR) is 101 cm³/mol. The molecule has 1 unspecified atom stereocenters. The van der Waals surface area contributed by atoms with Gasteiger partial charge in [-0.3, -0.25) is 9.59 Å². The van der Waals surface area contributed by atoms with E-state index in [-0.39, 0.29) is 17.2 Å². The van der Waals surface area contributed by atoms with Gasteiger partial charge in [0.25, 0.3) is 5.91 Å². The van der Waals surface area contributed by atoms with Crippen molar-refractivity contribution in [2.45, 2.75) is 32.3 Å². The SMILES string of the molecule is COC(C)C(=O)N1CCC2(CC1)CC(=O)N(C/C=C/c1ccccc1)C2. The Morgan fingerprint density at radius 3 is 2.62 bits per heavy atom. The number of rotatable bonds is 5. The minimum Gasteiger partial charge on any atom is -0.372 e. The number of piperidine rings is 1. The summed E-state index contributed by atoms with van der Waals surface area (Å²) in [6, 6.07) is 10.1. The van der Waals surface area contributed by atoms with Crippen molar-refractivity contribution in [2.24, 2.45) is 5.41 Å². The number of nitrogens with zero attached hydrogens (tertiary/aromatic N) is 2. The first-order chi connectivity index (χ1) is 12.5. The summed E-state index contributed by atoms with van der Waals surface area (Å²) in [5, 5.41) is 0. The highest BCUT2D eigenvalue weighted by Crippen LogP contribution is 2.41.